The molecule has 3 nitrogen and oxygen atoms in total. The van der Waals surface area contributed by atoms with E-state index in [2.05, 4.69) is 29.8 Å². The molecule has 1 aliphatic rings. The van der Waals surface area contributed by atoms with Gasteiger partial charge in [0, 0.05) is 30.4 Å². The molecule has 0 radical (unpaired) electrons. The summed E-state index contributed by atoms with van der Waals surface area (Å²) in [5.74, 6) is 1.47. The zero-order valence-electron chi connectivity index (χ0n) is 10.9. The first kappa shape index (κ1) is 11.3. The number of aromatic nitrogens is 1. The molecular weight excluding hydrogens is 222 g/mol. The van der Waals surface area contributed by atoms with Crippen molar-refractivity contribution in [3.63, 3.8) is 0 Å². The highest BCUT2D eigenvalue weighted by molar-refractivity contribution is 5.98. The molecule has 0 amide bonds. The summed E-state index contributed by atoms with van der Waals surface area (Å²) < 4.78 is 0. The van der Waals surface area contributed by atoms with E-state index in [-0.39, 0.29) is 0 Å². The van der Waals surface area contributed by atoms with Crippen molar-refractivity contribution in [2.45, 2.75) is 13.8 Å². The highest BCUT2D eigenvalue weighted by atomic mass is 15.2. The maximum Gasteiger partial charge on any atom is 0.0955 e. The molecule has 2 aromatic rings. The minimum Gasteiger partial charge on any atom is -0.398 e. The topological polar surface area (TPSA) is 42.1 Å². The molecule has 0 bridgehead atoms. The lowest BCUT2D eigenvalue weighted by atomic mass is 10.0. The fourth-order valence-electron chi connectivity index (χ4n) is 2.76. The standard InChI is InChI=1S/C15H19N3/c1-10-8-18(9-11(10)2)14-6-5-13(16)12-4-3-7-17-15(12)14/h3-7,10-11H,8-9,16H2,1-2H3. The number of benzene rings is 1. The van der Waals surface area contributed by atoms with Gasteiger partial charge in [0.1, 0.15) is 0 Å². The lowest BCUT2D eigenvalue weighted by Crippen LogP contribution is -2.20. The Morgan fingerprint density at radius 1 is 1.17 bits per heavy atom. The second-order valence-electron chi connectivity index (χ2n) is 5.43. The third-order valence-corrected chi connectivity index (χ3v) is 4.11. The van der Waals surface area contributed by atoms with Crippen LogP contribution in [0.15, 0.2) is 30.5 Å². The van der Waals surface area contributed by atoms with Crippen LogP contribution in [0, 0.1) is 11.8 Å². The molecule has 2 atom stereocenters. The summed E-state index contributed by atoms with van der Waals surface area (Å²) in [5, 5.41) is 1.06. The summed E-state index contributed by atoms with van der Waals surface area (Å²) in [6.45, 7) is 6.85. The van der Waals surface area contributed by atoms with Crippen LogP contribution in [0.3, 0.4) is 0 Å². The van der Waals surface area contributed by atoms with Gasteiger partial charge in [-0.25, -0.2) is 0 Å². The number of nitrogens with zero attached hydrogens (tertiary/aromatic N) is 2. The largest absolute Gasteiger partial charge is 0.398 e. The van der Waals surface area contributed by atoms with Crippen molar-refractivity contribution in [2.24, 2.45) is 11.8 Å². The van der Waals surface area contributed by atoms with E-state index in [9.17, 15) is 0 Å². The summed E-state index contributed by atoms with van der Waals surface area (Å²) in [6.07, 6.45) is 1.84. The summed E-state index contributed by atoms with van der Waals surface area (Å²) in [7, 11) is 0. The number of anilines is 2. The van der Waals surface area contributed by atoms with Crippen molar-refractivity contribution in [3.05, 3.63) is 30.5 Å². The minimum atomic E-state index is 0.737. The Bertz CT molecular complexity index is 569. The monoisotopic (exact) mass is 241 g/mol. The van der Waals surface area contributed by atoms with Crippen molar-refractivity contribution in [1.29, 1.82) is 0 Å². The summed E-state index contributed by atoms with van der Waals surface area (Å²) in [4.78, 5) is 6.95. The van der Waals surface area contributed by atoms with Crippen molar-refractivity contribution in [2.75, 3.05) is 23.7 Å². The van der Waals surface area contributed by atoms with Crippen LogP contribution < -0.4 is 10.6 Å². The second-order valence-corrected chi connectivity index (χ2v) is 5.43. The summed E-state index contributed by atoms with van der Waals surface area (Å²) in [5.41, 5.74) is 9.07. The highest BCUT2D eigenvalue weighted by Crippen LogP contribution is 2.33. The van der Waals surface area contributed by atoms with E-state index in [1.165, 1.54) is 5.69 Å². The maximum atomic E-state index is 6.02. The van der Waals surface area contributed by atoms with Gasteiger partial charge >= 0.3 is 0 Å². The lowest BCUT2D eigenvalue weighted by Gasteiger charge is -2.20. The molecule has 18 heavy (non-hydrogen) atoms. The molecular formula is C15H19N3. The van der Waals surface area contributed by atoms with Gasteiger partial charge in [-0.2, -0.15) is 0 Å². The van der Waals surface area contributed by atoms with Crippen LogP contribution in [0.1, 0.15) is 13.8 Å². The Hall–Kier alpha value is -1.77. The predicted octanol–water partition coefficient (Wildman–Crippen LogP) is 2.91. The lowest BCUT2D eigenvalue weighted by molar-refractivity contribution is 0.494. The molecule has 1 saturated heterocycles. The normalized spacial score (nSPS) is 23.8. The number of rotatable bonds is 1. The van der Waals surface area contributed by atoms with Gasteiger partial charge in [0.05, 0.1) is 11.2 Å². The minimum absolute atomic E-state index is 0.737. The fraction of sp³-hybridized carbons (Fsp3) is 0.400. The summed E-state index contributed by atoms with van der Waals surface area (Å²) >= 11 is 0. The van der Waals surface area contributed by atoms with E-state index in [1.807, 2.05) is 24.4 Å². The van der Waals surface area contributed by atoms with E-state index in [0.717, 1.165) is 41.5 Å². The van der Waals surface area contributed by atoms with Crippen LogP contribution >= 0.6 is 0 Å². The van der Waals surface area contributed by atoms with Gasteiger partial charge in [0.15, 0.2) is 0 Å². The zero-order chi connectivity index (χ0) is 12.7. The molecule has 2 heterocycles. The number of nitrogen functional groups attached to an aromatic ring is 1. The van der Waals surface area contributed by atoms with Crippen LogP contribution in [0.25, 0.3) is 10.9 Å². The predicted molar refractivity (Wildman–Crippen MR) is 76.7 cm³/mol. The van der Waals surface area contributed by atoms with Crippen molar-refractivity contribution < 1.29 is 0 Å². The molecule has 2 unspecified atom stereocenters. The molecule has 3 heteroatoms. The number of hydrogen-bond donors (Lipinski definition) is 1. The average Bonchev–Trinajstić information content (AvgIpc) is 2.70. The van der Waals surface area contributed by atoms with E-state index >= 15 is 0 Å². The van der Waals surface area contributed by atoms with E-state index in [4.69, 9.17) is 5.73 Å². The van der Waals surface area contributed by atoms with Crippen molar-refractivity contribution in [3.8, 4) is 0 Å². The molecule has 1 aliphatic heterocycles. The maximum absolute atomic E-state index is 6.02. The van der Waals surface area contributed by atoms with E-state index < -0.39 is 0 Å². The number of pyridine rings is 1. The Balaban J connectivity index is 2.10. The molecule has 2 N–H and O–H groups in total. The van der Waals surface area contributed by atoms with Gasteiger partial charge < -0.3 is 10.6 Å². The Morgan fingerprint density at radius 2 is 1.89 bits per heavy atom. The van der Waals surface area contributed by atoms with Crippen LogP contribution in [0.4, 0.5) is 11.4 Å². The first-order valence-electron chi connectivity index (χ1n) is 6.55. The van der Waals surface area contributed by atoms with Crippen molar-refractivity contribution in [1.82, 2.24) is 4.98 Å². The van der Waals surface area contributed by atoms with E-state index in [0.29, 0.717) is 0 Å². The molecule has 1 aromatic carbocycles. The number of fused-ring (bicyclic) bond motifs is 1. The Labute approximate surface area is 108 Å². The first-order valence-corrected chi connectivity index (χ1v) is 6.55. The van der Waals surface area contributed by atoms with Crippen LogP contribution in [0.2, 0.25) is 0 Å². The van der Waals surface area contributed by atoms with Gasteiger partial charge in [-0.15, -0.1) is 0 Å². The second kappa shape index (κ2) is 4.16. The smallest absolute Gasteiger partial charge is 0.0955 e. The number of nitrogens with two attached hydrogens (primary N) is 1. The van der Waals surface area contributed by atoms with Gasteiger partial charge in [0.25, 0.3) is 0 Å². The van der Waals surface area contributed by atoms with Crippen molar-refractivity contribution >= 4 is 22.3 Å². The summed E-state index contributed by atoms with van der Waals surface area (Å²) in [6, 6.07) is 8.09. The highest BCUT2D eigenvalue weighted by Gasteiger charge is 2.27. The number of hydrogen-bond acceptors (Lipinski definition) is 3. The average molecular weight is 241 g/mol. The third kappa shape index (κ3) is 1.70. The molecule has 0 spiro atoms. The van der Waals surface area contributed by atoms with Gasteiger partial charge in [-0.05, 0) is 36.1 Å². The third-order valence-electron chi connectivity index (χ3n) is 4.11. The fourth-order valence-corrected chi connectivity index (χ4v) is 2.76. The Morgan fingerprint density at radius 3 is 2.61 bits per heavy atom. The molecule has 0 aliphatic carbocycles. The van der Waals surface area contributed by atoms with Gasteiger partial charge in [0.2, 0.25) is 0 Å². The molecule has 1 fully saturated rings. The molecule has 94 valence electrons. The first-order chi connectivity index (χ1) is 8.66. The molecule has 0 saturated carbocycles. The van der Waals surface area contributed by atoms with Crippen LogP contribution in [0.5, 0.6) is 0 Å². The molecule has 1 aromatic heterocycles. The Kier molecular flexibility index (Phi) is 2.62. The molecule has 3 rings (SSSR count). The van der Waals surface area contributed by atoms with Crippen LogP contribution in [-0.4, -0.2) is 18.1 Å². The van der Waals surface area contributed by atoms with E-state index in [1.54, 1.807) is 0 Å². The van der Waals surface area contributed by atoms with Gasteiger partial charge in [-0.3, -0.25) is 4.98 Å². The SMILES string of the molecule is CC1CN(c2ccc(N)c3cccnc23)CC1C. The van der Waals surface area contributed by atoms with Crippen LogP contribution in [-0.2, 0) is 0 Å². The zero-order valence-corrected chi connectivity index (χ0v) is 10.9. The quantitative estimate of drug-likeness (QED) is 0.781. The van der Waals surface area contributed by atoms with Gasteiger partial charge in [-0.1, -0.05) is 13.8 Å².